The van der Waals surface area contributed by atoms with Crippen LogP contribution in [0.5, 0.6) is 0 Å². The molecule has 0 spiro atoms. The Morgan fingerprint density at radius 1 is 1.42 bits per heavy atom. The normalized spacial score (nSPS) is 11.3. The Morgan fingerprint density at radius 3 is 2.95 bits per heavy atom. The fourth-order valence-electron chi connectivity index (χ4n) is 1.29. The Morgan fingerprint density at radius 2 is 2.26 bits per heavy atom. The number of nitrogens with zero attached hydrogens (tertiary/aromatic N) is 1. The molecule has 3 N–H and O–H groups in total. The fourth-order valence-corrected chi connectivity index (χ4v) is 1.29. The van der Waals surface area contributed by atoms with Crippen molar-refractivity contribution in [3.8, 4) is 11.8 Å². The van der Waals surface area contributed by atoms with Crippen molar-refractivity contribution in [3.63, 3.8) is 0 Å². The highest BCUT2D eigenvalue weighted by atomic mass is 16.3. The Bertz CT molecular complexity index is 622. The second-order valence-electron chi connectivity index (χ2n) is 3.95. The summed E-state index contributed by atoms with van der Waals surface area (Å²) in [4.78, 5) is 15.6. The molecular weight excluding hydrogens is 242 g/mol. The van der Waals surface area contributed by atoms with Crippen molar-refractivity contribution in [2.75, 3.05) is 5.32 Å². The summed E-state index contributed by atoms with van der Waals surface area (Å²) in [6, 6.07) is 6.39. The zero-order chi connectivity index (χ0) is 13.7. The molecule has 0 saturated carbocycles. The average molecular weight is 255 g/mol. The van der Waals surface area contributed by atoms with Gasteiger partial charge in [-0.05, 0) is 31.0 Å². The molecule has 1 atom stereocenters. The number of rotatable bonds is 2. The van der Waals surface area contributed by atoms with Gasteiger partial charge in [-0.25, -0.2) is 4.98 Å². The molecular formula is C14H13N3O2. The van der Waals surface area contributed by atoms with Crippen LogP contribution in [0, 0.1) is 11.8 Å². The standard InChI is InChI=1S/C14H13N3O2/c1-10(15)14(18)17-13-4-2-3-12(16-13)6-5-11-7-8-19-9-11/h2-4,7-10H,15H2,1H3,(H,16,17,18). The minimum atomic E-state index is -0.581. The summed E-state index contributed by atoms with van der Waals surface area (Å²) in [6.07, 6.45) is 3.10. The topological polar surface area (TPSA) is 81.2 Å². The van der Waals surface area contributed by atoms with Crippen molar-refractivity contribution >= 4 is 11.7 Å². The van der Waals surface area contributed by atoms with Gasteiger partial charge in [0.2, 0.25) is 5.91 Å². The molecule has 0 fully saturated rings. The molecule has 1 amide bonds. The third-order valence-corrected chi connectivity index (χ3v) is 2.27. The lowest BCUT2D eigenvalue weighted by Gasteiger charge is -2.06. The van der Waals surface area contributed by atoms with Gasteiger partial charge in [0.15, 0.2) is 0 Å². The van der Waals surface area contributed by atoms with Crippen molar-refractivity contribution < 1.29 is 9.21 Å². The SMILES string of the molecule is CC(N)C(=O)Nc1cccc(C#Cc2ccoc2)n1. The maximum Gasteiger partial charge on any atom is 0.242 e. The Hall–Kier alpha value is -2.58. The summed E-state index contributed by atoms with van der Waals surface area (Å²) in [5, 5.41) is 2.61. The second-order valence-corrected chi connectivity index (χ2v) is 3.95. The number of anilines is 1. The first-order valence-electron chi connectivity index (χ1n) is 5.73. The van der Waals surface area contributed by atoms with Gasteiger partial charge in [-0.15, -0.1) is 0 Å². The smallest absolute Gasteiger partial charge is 0.242 e. The Balaban J connectivity index is 2.13. The van der Waals surface area contributed by atoms with E-state index in [0.717, 1.165) is 5.56 Å². The molecule has 96 valence electrons. The van der Waals surface area contributed by atoms with Crippen LogP contribution in [0.2, 0.25) is 0 Å². The van der Waals surface area contributed by atoms with E-state index in [1.54, 1.807) is 43.7 Å². The number of hydrogen-bond acceptors (Lipinski definition) is 4. The number of nitrogens with two attached hydrogens (primary N) is 1. The van der Waals surface area contributed by atoms with Gasteiger partial charge >= 0.3 is 0 Å². The molecule has 0 aliphatic carbocycles. The van der Waals surface area contributed by atoms with Gasteiger partial charge in [0.05, 0.1) is 17.9 Å². The average Bonchev–Trinajstić information content (AvgIpc) is 2.90. The van der Waals surface area contributed by atoms with Crippen LogP contribution in [-0.2, 0) is 4.79 Å². The second kappa shape index (κ2) is 5.85. The number of carbonyl (C=O) groups excluding carboxylic acids is 1. The van der Waals surface area contributed by atoms with Gasteiger partial charge in [0.25, 0.3) is 0 Å². The van der Waals surface area contributed by atoms with E-state index in [-0.39, 0.29) is 5.91 Å². The van der Waals surface area contributed by atoms with Crippen molar-refractivity contribution in [2.24, 2.45) is 5.73 Å². The number of hydrogen-bond donors (Lipinski definition) is 2. The summed E-state index contributed by atoms with van der Waals surface area (Å²) < 4.78 is 4.91. The van der Waals surface area contributed by atoms with Gasteiger partial charge in [0.1, 0.15) is 17.8 Å². The molecule has 5 heteroatoms. The molecule has 0 aromatic carbocycles. The molecule has 2 rings (SSSR count). The molecule has 19 heavy (non-hydrogen) atoms. The number of nitrogens with one attached hydrogen (secondary N) is 1. The summed E-state index contributed by atoms with van der Waals surface area (Å²) in [5.74, 6) is 5.93. The van der Waals surface area contributed by atoms with Crippen LogP contribution in [0.1, 0.15) is 18.2 Å². The van der Waals surface area contributed by atoms with Gasteiger partial charge in [0, 0.05) is 0 Å². The van der Waals surface area contributed by atoms with Crippen LogP contribution >= 0.6 is 0 Å². The predicted molar refractivity (Wildman–Crippen MR) is 71.2 cm³/mol. The molecule has 5 nitrogen and oxygen atoms in total. The first kappa shape index (κ1) is 12.9. The molecule has 0 aliphatic rings. The fraction of sp³-hybridized carbons (Fsp3) is 0.143. The van der Waals surface area contributed by atoms with Crippen LogP contribution in [0.25, 0.3) is 0 Å². The molecule has 0 bridgehead atoms. The highest BCUT2D eigenvalue weighted by Crippen LogP contribution is 2.05. The lowest BCUT2D eigenvalue weighted by molar-refractivity contribution is -0.117. The molecule has 1 unspecified atom stereocenters. The van der Waals surface area contributed by atoms with Crippen molar-refractivity contribution in [1.82, 2.24) is 4.98 Å². The van der Waals surface area contributed by atoms with E-state index in [9.17, 15) is 4.79 Å². The van der Waals surface area contributed by atoms with E-state index in [2.05, 4.69) is 22.1 Å². The first-order valence-corrected chi connectivity index (χ1v) is 5.73. The van der Waals surface area contributed by atoms with Crippen LogP contribution in [-0.4, -0.2) is 16.9 Å². The van der Waals surface area contributed by atoms with E-state index in [1.165, 1.54) is 0 Å². The van der Waals surface area contributed by atoms with E-state index in [1.807, 2.05) is 0 Å². The van der Waals surface area contributed by atoms with Crippen molar-refractivity contribution in [2.45, 2.75) is 13.0 Å². The van der Waals surface area contributed by atoms with E-state index in [0.29, 0.717) is 11.5 Å². The number of aromatic nitrogens is 1. The molecule has 2 heterocycles. The first-order chi connectivity index (χ1) is 9.15. The summed E-state index contributed by atoms with van der Waals surface area (Å²) in [5.41, 5.74) is 6.80. The quantitative estimate of drug-likeness (QED) is 0.794. The predicted octanol–water partition coefficient (Wildman–Crippen LogP) is 1.36. The van der Waals surface area contributed by atoms with E-state index in [4.69, 9.17) is 10.2 Å². The third kappa shape index (κ3) is 3.69. The zero-order valence-corrected chi connectivity index (χ0v) is 10.4. The van der Waals surface area contributed by atoms with Crippen molar-refractivity contribution in [3.05, 3.63) is 48.0 Å². The summed E-state index contributed by atoms with van der Waals surface area (Å²) >= 11 is 0. The molecule has 0 saturated heterocycles. The van der Waals surface area contributed by atoms with Gasteiger partial charge in [-0.3, -0.25) is 4.79 Å². The van der Waals surface area contributed by atoms with Gasteiger partial charge in [-0.2, -0.15) is 0 Å². The Labute approximate surface area is 110 Å². The summed E-state index contributed by atoms with van der Waals surface area (Å²) in [6.45, 7) is 1.61. The Kier molecular flexibility index (Phi) is 3.96. The highest BCUT2D eigenvalue weighted by Gasteiger charge is 2.07. The maximum absolute atomic E-state index is 11.4. The van der Waals surface area contributed by atoms with E-state index >= 15 is 0 Å². The number of pyridine rings is 1. The van der Waals surface area contributed by atoms with Crippen LogP contribution < -0.4 is 11.1 Å². The molecule has 0 radical (unpaired) electrons. The van der Waals surface area contributed by atoms with Gasteiger partial charge < -0.3 is 15.5 Å². The lowest BCUT2D eigenvalue weighted by atomic mass is 10.3. The molecule has 0 aliphatic heterocycles. The largest absolute Gasteiger partial charge is 0.471 e. The molecule has 2 aromatic heterocycles. The van der Waals surface area contributed by atoms with Crippen LogP contribution in [0.4, 0.5) is 5.82 Å². The monoisotopic (exact) mass is 255 g/mol. The minimum Gasteiger partial charge on any atom is -0.471 e. The number of carbonyl (C=O) groups is 1. The van der Waals surface area contributed by atoms with Crippen LogP contribution in [0.3, 0.4) is 0 Å². The molecule has 2 aromatic rings. The summed E-state index contributed by atoms with van der Waals surface area (Å²) in [7, 11) is 0. The van der Waals surface area contributed by atoms with E-state index < -0.39 is 6.04 Å². The third-order valence-electron chi connectivity index (χ3n) is 2.27. The number of amides is 1. The lowest BCUT2D eigenvalue weighted by Crippen LogP contribution is -2.32. The van der Waals surface area contributed by atoms with Crippen molar-refractivity contribution in [1.29, 1.82) is 0 Å². The zero-order valence-electron chi connectivity index (χ0n) is 10.4. The number of furan rings is 1. The minimum absolute atomic E-state index is 0.285. The maximum atomic E-state index is 11.4. The van der Waals surface area contributed by atoms with Crippen LogP contribution in [0.15, 0.2) is 41.2 Å². The highest BCUT2D eigenvalue weighted by molar-refractivity contribution is 5.93. The van der Waals surface area contributed by atoms with Gasteiger partial charge in [-0.1, -0.05) is 12.0 Å².